The molecule has 0 radical (unpaired) electrons. The minimum Gasteiger partial charge on any atom is -0.399 e. The number of nitrogen functional groups attached to an aromatic ring is 1. The maximum atomic E-state index is 13.5. The molecule has 6 nitrogen and oxygen atoms in total. The van der Waals surface area contributed by atoms with E-state index >= 15 is 0 Å². The normalized spacial score (nSPS) is 25.5. The lowest BCUT2D eigenvalue weighted by Gasteiger charge is -2.16. The van der Waals surface area contributed by atoms with E-state index in [1.54, 1.807) is 0 Å². The lowest BCUT2D eigenvalue weighted by atomic mass is 10.3. The summed E-state index contributed by atoms with van der Waals surface area (Å²) in [4.78, 5) is -0.552. The highest BCUT2D eigenvalue weighted by molar-refractivity contribution is 7.89. The first-order chi connectivity index (χ1) is 8.32. The Morgan fingerprint density at radius 1 is 1.28 bits per heavy atom. The van der Waals surface area contributed by atoms with Crippen molar-refractivity contribution in [1.82, 2.24) is 4.31 Å². The molecule has 0 spiro atoms. The van der Waals surface area contributed by atoms with Crippen LogP contribution in [0.2, 0.25) is 0 Å². The van der Waals surface area contributed by atoms with Crippen LogP contribution >= 0.6 is 0 Å². The molecule has 1 fully saturated rings. The molecule has 1 saturated heterocycles. The molecule has 0 bridgehead atoms. The number of hydrogen-bond acceptors (Lipinski definition) is 5. The first-order valence-electron chi connectivity index (χ1n) is 5.23. The van der Waals surface area contributed by atoms with E-state index in [-0.39, 0.29) is 18.8 Å². The van der Waals surface area contributed by atoms with E-state index in [9.17, 15) is 23.0 Å². The van der Waals surface area contributed by atoms with Gasteiger partial charge >= 0.3 is 0 Å². The Morgan fingerprint density at radius 3 is 2.39 bits per heavy atom. The molecule has 100 valence electrons. The number of halogens is 1. The Hall–Kier alpha value is -1.22. The zero-order valence-corrected chi connectivity index (χ0v) is 10.1. The summed E-state index contributed by atoms with van der Waals surface area (Å²) in [6.07, 6.45) is -2.33. The van der Waals surface area contributed by atoms with Crippen molar-refractivity contribution in [3.63, 3.8) is 0 Å². The van der Waals surface area contributed by atoms with Gasteiger partial charge in [0.05, 0.1) is 12.2 Å². The van der Waals surface area contributed by atoms with Gasteiger partial charge in [-0.05, 0) is 18.2 Å². The van der Waals surface area contributed by atoms with Gasteiger partial charge in [0, 0.05) is 18.8 Å². The first-order valence-corrected chi connectivity index (χ1v) is 6.67. The number of nitrogens with two attached hydrogens (primary N) is 1. The monoisotopic (exact) mass is 276 g/mol. The number of benzene rings is 1. The zero-order chi connectivity index (χ0) is 13.5. The van der Waals surface area contributed by atoms with Gasteiger partial charge in [-0.25, -0.2) is 12.8 Å². The van der Waals surface area contributed by atoms with Gasteiger partial charge in [0.25, 0.3) is 0 Å². The number of nitrogens with zero attached hydrogens (tertiary/aromatic N) is 1. The SMILES string of the molecule is Nc1ccc(F)c(S(=O)(=O)N2CC(O)C(O)C2)c1. The molecule has 1 aliphatic heterocycles. The molecule has 18 heavy (non-hydrogen) atoms. The van der Waals surface area contributed by atoms with Crippen LogP contribution in [0.4, 0.5) is 10.1 Å². The van der Waals surface area contributed by atoms with Crippen LogP contribution in [0.3, 0.4) is 0 Å². The van der Waals surface area contributed by atoms with Crippen molar-refractivity contribution in [3.8, 4) is 0 Å². The summed E-state index contributed by atoms with van der Waals surface area (Å²) >= 11 is 0. The van der Waals surface area contributed by atoms with Crippen LogP contribution in [0.1, 0.15) is 0 Å². The third-order valence-electron chi connectivity index (χ3n) is 2.80. The highest BCUT2D eigenvalue weighted by Gasteiger charge is 2.38. The second kappa shape index (κ2) is 4.47. The first kappa shape index (κ1) is 13.2. The lowest BCUT2D eigenvalue weighted by molar-refractivity contribution is 0.0572. The van der Waals surface area contributed by atoms with Gasteiger partial charge in [-0.15, -0.1) is 0 Å². The molecular weight excluding hydrogens is 263 g/mol. The standard InChI is InChI=1S/C10H13FN2O4S/c11-7-2-1-6(12)3-10(7)18(16,17)13-4-8(14)9(15)5-13/h1-3,8-9,14-15H,4-5,12H2. The van der Waals surface area contributed by atoms with Crippen LogP contribution in [0.5, 0.6) is 0 Å². The van der Waals surface area contributed by atoms with Crippen molar-refractivity contribution in [2.24, 2.45) is 0 Å². The smallest absolute Gasteiger partial charge is 0.246 e. The third-order valence-corrected chi connectivity index (χ3v) is 4.65. The van der Waals surface area contributed by atoms with Gasteiger partial charge in [0.15, 0.2) is 0 Å². The molecule has 0 aromatic heterocycles. The van der Waals surface area contributed by atoms with Crippen molar-refractivity contribution in [1.29, 1.82) is 0 Å². The van der Waals surface area contributed by atoms with E-state index in [0.717, 1.165) is 16.4 Å². The Kier molecular flexibility index (Phi) is 3.28. The molecule has 2 atom stereocenters. The average Bonchev–Trinajstić information content (AvgIpc) is 2.63. The quantitative estimate of drug-likeness (QED) is 0.609. The van der Waals surface area contributed by atoms with Gasteiger partial charge in [0.2, 0.25) is 10.0 Å². The molecule has 4 N–H and O–H groups in total. The van der Waals surface area contributed by atoms with E-state index in [0.29, 0.717) is 0 Å². The van der Waals surface area contributed by atoms with E-state index < -0.39 is 32.9 Å². The fourth-order valence-electron chi connectivity index (χ4n) is 1.79. The predicted octanol–water partition coefficient (Wildman–Crippen LogP) is -0.866. The number of rotatable bonds is 2. The maximum Gasteiger partial charge on any atom is 0.246 e. The Labute approximate surface area is 103 Å². The molecule has 0 saturated carbocycles. The maximum absolute atomic E-state index is 13.5. The molecule has 2 rings (SSSR count). The van der Waals surface area contributed by atoms with Gasteiger partial charge in [-0.2, -0.15) is 4.31 Å². The Balaban J connectivity index is 2.40. The van der Waals surface area contributed by atoms with E-state index in [2.05, 4.69) is 0 Å². The van der Waals surface area contributed by atoms with Crippen LogP contribution < -0.4 is 5.73 Å². The number of β-amino-alcohol motifs (C(OH)–C–C–N with tert-alkyl or cyclic N) is 2. The number of aliphatic hydroxyl groups is 2. The summed E-state index contributed by atoms with van der Waals surface area (Å²) in [6.45, 7) is -0.532. The molecule has 0 amide bonds. The number of anilines is 1. The zero-order valence-electron chi connectivity index (χ0n) is 9.32. The molecule has 1 heterocycles. The van der Waals surface area contributed by atoms with Crippen molar-refractivity contribution >= 4 is 15.7 Å². The minimum atomic E-state index is -4.10. The van der Waals surface area contributed by atoms with E-state index in [1.807, 2.05) is 0 Å². The van der Waals surface area contributed by atoms with Crippen molar-refractivity contribution in [2.75, 3.05) is 18.8 Å². The third kappa shape index (κ3) is 2.19. The molecule has 8 heteroatoms. The minimum absolute atomic E-state index is 0.121. The number of aliphatic hydroxyl groups excluding tert-OH is 2. The summed E-state index contributed by atoms with van der Waals surface area (Å²) < 4.78 is 38.6. The molecule has 0 aliphatic carbocycles. The van der Waals surface area contributed by atoms with Crippen LogP contribution in [-0.2, 0) is 10.0 Å². The number of hydrogen-bond donors (Lipinski definition) is 3. The van der Waals surface area contributed by atoms with Gasteiger partial charge in [0.1, 0.15) is 10.7 Å². The van der Waals surface area contributed by atoms with E-state index in [1.165, 1.54) is 6.07 Å². The molecular formula is C10H13FN2O4S. The molecule has 1 aromatic carbocycles. The Morgan fingerprint density at radius 2 is 1.83 bits per heavy atom. The van der Waals surface area contributed by atoms with E-state index in [4.69, 9.17) is 5.73 Å². The lowest BCUT2D eigenvalue weighted by Crippen LogP contribution is -2.30. The topological polar surface area (TPSA) is 104 Å². The van der Waals surface area contributed by atoms with Gasteiger partial charge < -0.3 is 15.9 Å². The predicted molar refractivity (Wildman–Crippen MR) is 61.6 cm³/mol. The van der Waals surface area contributed by atoms with Crippen LogP contribution in [0.25, 0.3) is 0 Å². The Bertz CT molecular complexity index is 553. The largest absolute Gasteiger partial charge is 0.399 e. The molecule has 1 aliphatic rings. The van der Waals surface area contributed by atoms with Crippen LogP contribution in [0.15, 0.2) is 23.1 Å². The fraction of sp³-hybridized carbons (Fsp3) is 0.400. The number of sulfonamides is 1. The second-order valence-corrected chi connectivity index (χ2v) is 6.05. The summed E-state index contributed by atoms with van der Waals surface area (Å²) in [5, 5.41) is 18.7. The highest BCUT2D eigenvalue weighted by Crippen LogP contribution is 2.25. The van der Waals surface area contributed by atoms with Crippen LogP contribution in [0, 0.1) is 5.82 Å². The van der Waals surface area contributed by atoms with Gasteiger partial charge in [-0.1, -0.05) is 0 Å². The second-order valence-electron chi connectivity index (χ2n) is 4.15. The van der Waals surface area contributed by atoms with Gasteiger partial charge in [-0.3, -0.25) is 0 Å². The molecule has 2 unspecified atom stereocenters. The van der Waals surface area contributed by atoms with Crippen molar-refractivity contribution < 1.29 is 23.0 Å². The fourth-order valence-corrected chi connectivity index (χ4v) is 3.36. The summed E-state index contributed by atoms with van der Waals surface area (Å²) in [7, 11) is -4.10. The summed E-state index contributed by atoms with van der Waals surface area (Å²) in [5.74, 6) is -0.917. The highest BCUT2D eigenvalue weighted by atomic mass is 32.2. The van der Waals surface area contributed by atoms with Crippen molar-refractivity contribution in [2.45, 2.75) is 17.1 Å². The van der Waals surface area contributed by atoms with Crippen molar-refractivity contribution in [3.05, 3.63) is 24.0 Å². The molecule has 1 aromatic rings. The average molecular weight is 276 g/mol. The van der Waals surface area contributed by atoms with Crippen LogP contribution in [-0.4, -0.2) is 48.2 Å². The summed E-state index contributed by atoms with van der Waals surface area (Å²) in [6, 6.07) is 3.23. The summed E-state index contributed by atoms with van der Waals surface area (Å²) in [5.41, 5.74) is 5.55.